The summed E-state index contributed by atoms with van der Waals surface area (Å²) < 4.78 is 0. The van der Waals surface area contributed by atoms with Gasteiger partial charge < -0.3 is 30.6 Å². The van der Waals surface area contributed by atoms with Gasteiger partial charge in [0.15, 0.2) is 0 Å². The van der Waals surface area contributed by atoms with E-state index in [4.69, 9.17) is 0 Å². The van der Waals surface area contributed by atoms with Crippen molar-refractivity contribution < 1.29 is 39.2 Å². The number of carbonyl (C=O) groups is 4. The third-order valence-electron chi connectivity index (χ3n) is 6.98. The average Bonchev–Trinajstić information content (AvgIpc) is 2.91. The summed E-state index contributed by atoms with van der Waals surface area (Å²) in [6.07, 6.45) is 15.8. The molecule has 0 radical (unpaired) electrons. The number of nitrogens with one attached hydrogen (secondary N) is 4. The number of quaternary nitrogens is 2. The maximum atomic E-state index is 12.2. The van der Waals surface area contributed by atoms with E-state index in [-0.39, 0.29) is 23.3 Å². The number of unbranched alkanes of at least 4 members (excludes halogenated alkanes) is 12. The first-order valence-corrected chi connectivity index (χ1v) is 18.4. The molecule has 10 nitrogen and oxygen atoms in total. The predicted octanol–water partition coefficient (Wildman–Crippen LogP) is 2.04. The van der Waals surface area contributed by atoms with Gasteiger partial charge in [0.1, 0.15) is 12.1 Å². The van der Waals surface area contributed by atoms with Crippen LogP contribution in [0.4, 0.5) is 0 Å². The van der Waals surface area contributed by atoms with Gasteiger partial charge in [-0.3, -0.25) is 9.59 Å². The third-order valence-corrected chi connectivity index (χ3v) is 9.40. The summed E-state index contributed by atoms with van der Waals surface area (Å²) >= 11 is 0. The molecule has 0 fully saturated rings. The summed E-state index contributed by atoms with van der Waals surface area (Å²) in [4.78, 5) is 50.6. The lowest BCUT2D eigenvalue weighted by Crippen LogP contribution is -3.05. The second kappa shape index (κ2) is 27.1. The molecule has 2 amide bonds. The molecule has 2 atom stereocenters. The highest BCUT2D eigenvalue weighted by Gasteiger charge is 2.23. The first-order valence-electron chi connectivity index (χ1n) is 15.9. The SMILES string of the molecule is C[NH+](C)CCCCCCCCCC(=O)NC(CSSCC(NC(=O)CCCCCCCCC[NH+](C)C)C(=O)O)C(=O)O. The maximum absolute atomic E-state index is 12.2. The van der Waals surface area contributed by atoms with Gasteiger partial charge in [-0.1, -0.05) is 73.0 Å². The lowest BCUT2D eigenvalue weighted by Gasteiger charge is -2.16. The second-order valence-electron chi connectivity index (χ2n) is 11.8. The van der Waals surface area contributed by atoms with Crippen molar-refractivity contribution >= 4 is 45.3 Å². The van der Waals surface area contributed by atoms with Crippen LogP contribution < -0.4 is 20.4 Å². The molecule has 0 aromatic carbocycles. The Morgan fingerprint density at radius 3 is 1.10 bits per heavy atom. The molecule has 2 unspecified atom stereocenters. The summed E-state index contributed by atoms with van der Waals surface area (Å²) in [5.41, 5.74) is 0. The minimum atomic E-state index is -1.12. The first-order chi connectivity index (χ1) is 20.0. The maximum Gasteiger partial charge on any atom is 0.327 e. The number of amides is 2. The molecule has 42 heavy (non-hydrogen) atoms. The van der Waals surface area contributed by atoms with Gasteiger partial charge in [0.2, 0.25) is 11.8 Å². The highest BCUT2D eigenvalue weighted by atomic mass is 33.1. The van der Waals surface area contributed by atoms with Crippen LogP contribution in [0.25, 0.3) is 0 Å². The van der Waals surface area contributed by atoms with Crippen LogP contribution in [0.15, 0.2) is 0 Å². The van der Waals surface area contributed by atoms with E-state index >= 15 is 0 Å². The van der Waals surface area contributed by atoms with Crippen LogP contribution >= 0.6 is 21.6 Å². The van der Waals surface area contributed by atoms with E-state index in [0.717, 1.165) is 51.4 Å². The summed E-state index contributed by atoms with van der Waals surface area (Å²) in [7, 11) is 11.0. The Morgan fingerprint density at radius 2 is 0.810 bits per heavy atom. The van der Waals surface area contributed by atoms with Crippen LogP contribution in [-0.4, -0.2) is 98.8 Å². The highest BCUT2D eigenvalue weighted by Crippen LogP contribution is 2.23. The van der Waals surface area contributed by atoms with E-state index in [1.165, 1.54) is 83.0 Å². The van der Waals surface area contributed by atoms with Crippen LogP contribution in [0.1, 0.15) is 103 Å². The van der Waals surface area contributed by atoms with E-state index in [0.29, 0.717) is 12.8 Å². The van der Waals surface area contributed by atoms with Crippen molar-refractivity contribution in [1.29, 1.82) is 0 Å². The molecule has 0 saturated heterocycles. The van der Waals surface area contributed by atoms with Crippen LogP contribution in [0.3, 0.4) is 0 Å². The molecule has 0 saturated carbocycles. The molecule has 246 valence electrons. The van der Waals surface area contributed by atoms with Gasteiger partial charge in [-0.2, -0.15) is 0 Å². The standard InChI is InChI=1S/C30H58N4O6S2/c1-33(2)21-17-13-9-5-7-11-15-19-27(35)31-25(29(37)38)23-41-42-24-26(30(39)40)32-28(36)20-16-12-8-6-10-14-18-22-34(3)4/h25-26H,5-24H2,1-4H3,(H,31,35)(H,32,36)(H,37,38)(H,39,40)/p+2. The number of hydrogen-bond acceptors (Lipinski definition) is 6. The largest absolute Gasteiger partial charge is 0.480 e. The first kappa shape index (κ1) is 40.5. The van der Waals surface area contributed by atoms with E-state index < -0.39 is 24.0 Å². The molecule has 0 aromatic rings. The van der Waals surface area contributed by atoms with Crippen molar-refractivity contribution in [3.63, 3.8) is 0 Å². The lowest BCUT2D eigenvalue weighted by atomic mass is 10.1. The normalized spacial score (nSPS) is 12.8. The van der Waals surface area contributed by atoms with Crippen molar-refractivity contribution in [3.8, 4) is 0 Å². The molecular formula is C30H60N4O6S2+2. The Bertz CT molecular complexity index is 683. The number of rotatable bonds is 29. The Kier molecular flexibility index (Phi) is 26.1. The third kappa shape index (κ3) is 26.2. The number of carboxylic acids is 2. The zero-order valence-electron chi connectivity index (χ0n) is 26.6. The fourth-order valence-electron chi connectivity index (χ4n) is 4.41. The fraction of sp³-hybridized carbons (Fsp3) is 0.867. The van der Waals surface area contributed by atoms with Crippen molar-refractivity contribution in [3.05, 3.63) is 0 Å². The molecule has 0 rings (SSSR count). The van der Waals surface area contributed by atoms with Crippen molar-refractivity contribution in [2.24, 2.45) is 0 Å². The number of carbonyl (C=O) groups excluding carboxylic acids is 2. The molecule has 0 bridgehead atoms. The molecule has 12 heteroatoms. The fourth-order valence-corrected chi connectivity index (χ4v) is 6.72. The van der Waals surface area contributed by atoms with E-state index in [1.807, 2.05) is 0 Å². The van der Waals surface area contributed by atoms with Crippen LogP contribution in [0.2, 0.25) is 0 Å². The molecule has 0 aliphatic heterocycles. The Morgan fingerprint density at radius 1 is 0.524 bits per heavy atom. The van der Waals surface area contributed by atoms with Crippen molar-refractivity contribution in [1.82, 2.24) is 10.6 Å². The monoisotopic (exact) mass is 636 g/mol. The number of hydrogen-bond donors (Lipinski definition) is 6. The van der Waals surface area contributed by atoms with Gasteiger partial charge in [-0.05, 0) is 38.5 Å². The van der Waals surface area contributed by atoms with Gasteiger partial charge in [-0.15, -0.1) is 0 Å². The van der Waals surface area contributed by atoms with Gasteiger partial charge in [0.05, 0.1) is 41.3 Å². The zero-order valence-corrected chi connectivity index (χ0v) is 28.3. The Labute approximate surface area is 262 Å². The Hall–Kier alpha value is -1.50. The van der Waals surface area contributed by atoms with Gasteiger partial charge >= 0.3 is 11.9 Å². The average molecular weight is 637 g/mol. The van der Waals surface area contributed by atoms with E-state index in [9.17, 15) is 29.4 Å². The number of carboxylic acid groups (broad SMARTS) is 2. The van der Waals surface area contributed by atoms with Gasteiger partial charge in [-0.25, -0.2) is 9.59 Å². The molecule has 0 heterocycles. The quantitative estimate of drug-likeness (QED) is 0.0542. The Balaban J connectivity index is 4.06. The topological polar surface area (TPSA) is 142 Å². The summed E-state index contributed by atoms with van der Waals surface area (Å²) in [5, 5.41) is 24.1. The predicted molar refractivity (Wildman–Crippen MR) is 173 cm³/mol. The van der Waals surface area contributed by atoms with Crippen LogP contribution in [-0.2, 0) is 19.2 Å². The van der Waals surface area contributed by atoms with Crippen molar-refractivity contribution in [2.45, 2.75) is 115 Å². The highest BCUT2D eigenvalue weighted by molar-refractivity contribution is 8.76. The molecule has 0 aliphatic carbocycles. The van der Waals surface area contributed by atoms with Gasteiger partial charge in [0.25, 0.3) is 0 Å². The van der Waals surface area contributed by atoms with Crippen LogP contribution in [0, 0.1) is 0 Å². The second-order valence-corrected chi connectivity index (χ2v) is 14.4. The van der Waals surface area contributed by atoms with E-state index in [1.54, 1.807) is 0 Å². The van der Waals surface area contributed by atoms with Crippen LogP contribution in [0.5, 0.6) is 0 Å². The smallest absolute Gasteiger partial charge is 0.327 e. The summed E-state index contributed by atoms with van der Waals surface area (Å²) in [6.45, 7) is 2.38. The minimum absolute atomic E-state index is 0.108. The molecular weight excluding hydrogens is 576 g/mol. The lowest BCUT2D eigenvalue weighted by molar-refractivity contribution is -0.858. The minimum Gasteiger partial charge on any atom is -0.480 e. The number of aliphatic carboxylic acids is 2. The van der Waals surface area contributed by atoms with Crippen molar-refractivity contribution in [2.75, 3.05) is 52.8 Å². The molecule has 0 aromatic heterocycles. The molecule has 6 N–H and O–H groups in total. The molecule has 0 aliphatic rings. The zero-order chi connectivity index (χ0) is 31.6. The van der Waals surface area contributed by atoms with Gasteiger partial charge in [0, 0.05) is 24.3 Å². The summed E-state index contributed by atoms with van der Waals surface area (Å²) in [5.74, 6) is -2.57. The van der Waals surface area contributed by atoms with E-state index in [2.05, 4.69) is 38.8 Å². The molecule has 0 spiro atoms. The summed E-state index contributed by atoms with van der Waals surface area (Å²) in [6, 6.07) is -2.08.